The number of piperidine rings is 1. The number of methoxy groups -OCH3 is 1. The number of anilines is 1. The number of amides is 2. The smallest absolute Gasteiger partial charge is 0.337 e. The van der Waals surface area contributed by atoms with E-state index in [9.17, 15) is 14.0 Å². The lowest BCUT2D eigenvalue weighted by Crippen LogP contribution is -2.47. The molecule has 2 aliphatic heterocycles. The van der Waals surface area contributed by atoms with Crippen molar-refractivity contribution in [1.29, 1.82) is 0 Å². The first-order chi connectivity index (χ1) is 15.5. The summed E-state index contributed by atoms with van der Waals surface area (Å²) >= 11 is 0. The summed E-state index contributed by atoms with van der Waals surface area (Å²) in [5.74, 6) is -0.594. The number of nitrogens with one attached hydrogen (secondary N) is 1. The Bertz CT molecular complexity index is 984. The van der Waals surface area contributed by atoms with Crippen LogP contribution < -0.4 is 10.2 Å². The zero-order valence-corrected chi connectivity index (χ0v) is 18.7. The number of urea groups is 1. The first kappa shape index (κ1) is 22.3. The molecule has 2 aliphatic rings. The Balaban J connectivity index is 1.45. The second-order valence-electron chi connectivity index (χ2n) is 8.72. The molecule has 1 saturated heterocycles. The number of fused-ring (bicyclic) bond motifs is 2. The molecule has 0 unspecified atom stereocenters. The summed E-state index contributed by atoms with van der Waals surface area (Å²) in [5, 5.41) is 2.96. The Morgan fingerprint density at radius 1 is 1.12 bits per heavy atom. The Morgan fingerprint density at radius 2 is 1.84 bits per heavy atom. The summed E-state index contributed by atoms with van der Waals surface area (Å²) in [5.41, 5.74) is 3.23. The highest BCUT2D eigenvalue weighted by Gasteiger charge is 2.46. The molecule has 2 amide bonds. The van der Waals surface area contributed by atoms with Crippen LogP contribution in [0.5, 0.6) is 0 Å². The highest BCUT2D eigenvalue weighted by Crippen LogP contribution is 2.47. The number of halogens is 1. The maximum absolute atomic E-state index is 14.1. The predicted molar refractivity (Wildman–Crippen MR) is 121 cm³/mol. The van der Waals surface area contributed by atoms with Gasteiger partial charge in [0, 0.05) is 30.7 Å². The third kappa shape index (κ3) is 4.35. The third-order valence-corrected chi connectivity index (χ3v) is 6.65. The van der Waals surface area contributed by atoms with Gasteiger partial charge in [0.2, 0.25) is 0 Å². The molecule has 0 bridgehead atoms. The van der Waals surface area contributed by atoms with Crippen LogP contribution in [0.4, 0.5) is 14.9 Å². The Morgan fingerprint density at radius 3 is 2.50 bits per heavy atom. The van der Waals surface area contributed by atoms with Gasteiger partial charge in [-0.15, -0.1) is 0 Å². The summed E-state index contributed by atoms with van der Waals surface area (Å²) in [4.78, 5) is 28.5. The number of ether oxygens (including phenoxy) is 1. The molecular formula is C25H30FN3O3. The van der Waals surface area contributed by atoms with Gasteiger partial charge in [-0.1, -0.05) is 19.1 Å². The van der Waals surface area contributed by atoms with Crippen LogP contribution in [-0.2, 0) is 16.7 Å². The minimum absolute atomic E-state index is 0.107. The molecule has 0 radical (unpaired) electrons. The van der Waals surface area contributed by atoms with Crippen LogP contribution in [0.2, 0.25) is 0 Å². The molecule has 1 N–H and O–H groups in total. The highest BCUT2D eigenvalue weighted by molar-refractivity contribution is 5.95. The van der Waals surface area contributed by atoms with Gasteiger partial charge >= 0.3 is 12.0 Å². The van der Waals surface area contributed by atoms with E-state index in [-0.39, 0.29) is 23.2 Å². The molecule has 2 heterocycles. The van der Waals surface area contributed by atoms with Gasteiger partial charge in [-0.3, -0.25) is 9.80 Å². The van der Waals surface area contributed by atoms with Crippen LogP contribution in [0.15, 0.2) is 42.5 Å². The summed E-state index contributed by atoms with van der Waals surface area (Å²) in [6, 6.07) is 12.2. The van der Waals surface area contributed by atoms with Crippen molar-refractivity contribution in [1.82, 2.24) is 10.2 Å². The number of hydrogen-bond donors (Lipinski definition) is 1. The maximum Gasteiger partial charge on any atom is 0.337 e. The lowest BCUT2D eigenvalue weighted by atomic mass is 9.74. The number of rotatable bonds is 5. The molecule has 6 nitrogen and oxygen atoms in total. The zero-order valence-electron chi connectivity index (χ0n) is 18.7. The van der Waals surface area contributed by atoms with Gasteiger partial charge in [-0.05, 0) is 73.8 Å². The molecule has 170 valence electrons. The van der Waals surface area contributed by atoms with Gasteiger partial charge in [0.25, 0.3) is 0 Å². The molecule has 2 aromatic carbocycles. The molecule has 1 spiro atoms. The maximum atomic E-state index is 14.1. The van der Waals surface area contributed by atoms with Crippen LogP contribution in [0.1, 0.15) is 47.7 Å². The second kappa shape index (κ2) is 9.28. The van der Waals surface area contributed by atoms with Crippen molar-refractivity contribution in [2.75, 3.05) is 38.2 Å². The number of carbonyl (C=O) groups is 2. The molecule has 0 aliphatic carbocycles. The van der Waals surface area contributed by atoms with Crippen LogP contribution in [0.3, 0.4) is 0 Å². The summed E-state index contributed by atoms with van der Waals surface area (Å²) in [7, 11) is 1.38. The fourth-order valence-electron chi connectivity index (χ4n) is 4.84. The average Bonchev–Trinajstić information content (AvgIpc) is 3.12. The SMILES string of the molecule is CCCNC(=O)N1CC2(CCN(Cc3ccc(C(=O)OC)cc3)CC2)c2cc(F)ccc21. The van der Waals surface area contributed by atoms with Crippen LogP contribution in [0, 0.1) is 5.82 Å². The van der Waals surface area contributed by atoms with E-state index < -0.39 is 0 Å². The van der Waals surface area contributed by atoms with Gasteiger partial charge in [0.1, 0.15) is 5.82 Å². The predicted octanol–water partition coefficient (Wildman–Crippen LogP) is 4.09. The molecule has 7 heteroatoms. The number of carbonyl (C=O) groups excluding carboxylic acids is 2. The zero-order chi connectivity index (χ0) is 22.7. The standard InChI is InChI=1S/C25H30FN3O3/c1-3-12-27-24(31)29-17-25(21-15-20(26)8-9-22(21)29)10-13-28(14-11-25)16-18-4-6-19(7-5-18)23(30)32-2/h4-9,15H,3,10-14,16-17H2,1-2H3,(H,27,31). The van der Waals surface area contributed by atoms with E-state index in [0.717, 1.165) is 55.7 Å². The molecule has 1 fully saturated rings. The number of likely N-dealkylation sites (tertiary alicyclic amines) is 1. The van der Waals surface area contributed by atoms with E-state index in [2.05, 4.69) is 10.2 Å². The molecule has 2 aromatic rings. The number of hydrogen-bond acceptors (Lipinski definition) is 4. The van der Waals surface area contributed by atoms with Gasteiger partial charge in [0.05, 0.1) is 12.7 Å². The fourth-order valence-corrected chi connectivity index (χ4v) is 4.84. The Hall–Kier alpha value is -2.93. The molecule has 0 saturated carbocycles. The highest BCUT2D eigenvalue weighted by atomic mass is 19.1. The molecule has 0 atom stereocenters. The van der Waals surface area contributed by atoms with E-state index in [1.165, 1.54) is 13.2 Å². The number of nitrogens with zero attached hydrogens (tertiary/aromatic N) is 2. The molecule has 4 rings (SSSR count). The van der Waals surface area contributed by atoms with Crippen molar-refractivity contribution < 1.29 is 18.7 Å². The Labute approximate surface area is 188 Å². The minimum Gasteiger partial charge on any atom is -0.465 e. The second-order valence-corrected chi connectivity index (χ2v) is 8.72. The lowest BCUT2D eigenvalue weighted by molar-refractivity contribution is 0.0600. The molecular weight excluding hydrogens is 409 g/mol. The van der Waals surface area contributed by atoms with Crippen LogP contribution in [-0.4, -0.2) is 50.2 Å². The summed E-state index contributed by atoms with van der Waals surface area (Å²) in [6.45, 7) is 5.74. The van der Waals surface area contributed by atoms with Crippen LogP contribution >= 0.6 is 0 Å². The van der Waals surface area contributed by atoms with Gasteiger partial charge in [0.15, 0.2) is 0 Å². The van der Waals surface area contributed by atoms with Gasteiger partial charge in [-0.2, -0.15) is 0 Å². The summed E-state index contributed by atoms with van der Waals surface area (Å²) in [6.07, 6.45) is 2.60. The Kier molecular flexibility index (Phi) is 6.46. The van der Waals surface area contributed by atoms with Crippen molar-refractivity contribution in [3.8, 4) is 0 Å². The lowest BCUT2D eigenvalue weighted by Gasteiger charge is -2.40. The minimum atomic E-state index is -0.337. The van der Waals surface area contributed by atoms with Gasteiger partial charge < -0.3 is 10.1 Å². The average molecular weight is 440 g/mol. The molecule has 0 aromatic heterocycles. The van der Waals surface area contributed by atoms with Crippen molar-refractivity contribution >= 4 is 17.7 Å². The largest absolute Gasteiger partial charge is 0.465 e. The van der Waals surface area contributed by atoms with E-state index in [1.807, 2.05) is 19.1 Å². The van der Waals surface area contributed by atoms with Crippen LogP contribution in [0.25, 0.3) is 0 Å². The monoisotopic (exact) mass is 439 g/mol. The van der Waals surface area contributed by atoms with Crippen molar-refractivity contribution in [2.24, 2.45) is 0 Å². The van der Waals surface area contributed by atoms with E-state index >= 15 is 0 Å². The van der Waals surface area contributed by atoms with Crippen molar-refractivity contribution in [3.05, 3.63) is 65.0 Å². The quantitative estimate of drug-likeness (QED) is 0.713. The van der Waals surface area contributed by atoms with Gasteiger partial charge in [-0.25, -0.2) is 14.0 Å². The van der Waals surface area contributed by atoms with E-state index in [1.54, 1.807) is 29.2 Å². The fraction of sp³-hybridized carbons (Fsp3) is 0.440. The first-order valence-electron chi connectivity index (χ1n) is 11.2. The van der Waals surface area contributed by atoms with E-state index in [0.29, 0.717) is 18.7 Å². The van der Waals surface area contributed by atoms with Crippen molar-refractivity contribution in [3.63, 3.8) is 0 Å². The topological polar surface area (TPSA) is 61.9 Å². The first-order valence-corrected chi connectivity index (χ1v) is 11.2. The third-order valence-electron chi connectivity index (χ3n) is 6.65. The number of benzene rings is 2. The molecule has 32 heavy (non-hydrogen) atoms. The van der Waals surface area contributed by atoms with Crippen molar-refractivity contribution in [2.45, 2.75) is 38.1 Å². The summed E-state index contributed by atoms with van der Waals surface area (Å²) < 4.78 is 18.9. The normalized spacial score (nSPS) is 17.3. The number of esters is 1. The van der Waals surface area contributed by atoms with E-state index in [4.69, 9.17) is 4.74 Å².